The Hall–Kier alpha value is -2.09. The SMILES string of the molecule is c1ccc(-c2ccccc2/N=C2\CCCCN2)cc1. The minimum atomic E-state index is 1.05. The first kappa shape index (κ1) is 12.0. The summed E-state index contributed by atoms with van der Waals surface area (Å²) in [7, 11) is 0. The summed E-state index contributed by atoms with van der Waals surface area (Å²) in [6, 6.07) is 18.8. The van der Waals surface area contributed by atoms with Gasteiger partial charge in [0.05, 0.1) is 5.69 Å². The number of benzene rings is 2. The van der Waals surface area contributed by atoms with E-state index in [2.05, 4.69) is 53.8 Å². The fourth-order valence-electron chi connectivity index (χ4n) is 2.41. The Kier molecular flexibility index (Phi) is 3.59. The number of amidine groups is 1. The van der Waals surface area contributed by atoms with E-state index in [1.807, 2.05) is 6.07 Å². The molecule has 2 heteroatoms. The monoisotopic (exact) mass is 250 g/mol. The van der Waals surface area contributed by atoms with Gasteiger partial charge in [0.1, 0.15) is 5.84 Å². The number of hydrogen-bond acceptors (Lipinski definition) is 1. The molecule has 0 amide bonds. The Morgan fingerprint density at radius 2 is 1.63 bits per heavy atom. The molecule has 1 heterocycles. The number of nitrogens with one attached hydrogen (secondary N) is 1. The van der Waals surface area contributed by atoms with E-state index < -0.39 is 0 Å². The summed E-state index contributed by atoms with van der Waals surface area (Å²) in [6.45, 7) is 1.05. The lowest BCUT2D eigenvalue weighted by Crippen LogP contribution is -2.28. The van der Waals surface area contributed by atoms with Gasteiger partial charge in [0.2, 0.25) is 0 Å². The summed E-state index contributed by atoms with van der Waals surface area (Å²) in [5, 5.41) is 3.40. The lowest BCUT2D eigenvalue weighted by Gasteiger charge is -2.16. The zero-order valence-corrected chi connectivity index (χ0v) is 11.0. The summed E-state index contributed by atoms with van der Waals surface area (Å²) >= 11 is 0. The van der Waals surface area contributed by atoms with Crippen molar-refractivity contribution in [2.75, 3.05) is 6.54 Å². The van der Waals surface area contributed by atoms with Crippen molar-refractivity contribution >= 4 is 11.5 Å². The van der Waals surface area contributed by atoms with Crippen molar-refractivity contribution in [1.82, 2.24) is 5.32 Å². The molecule has 0 unspecified atom stereocenters. The number of para-hydroxylation sites is 1. The van der Waals surface area contributed by atoms with Crippen molar-refractivity contribution in [3.8, 4) is 11.1 Å². The van der Waals surface area contributed by atoms with Crippen molar-refractivity contribution in [1.29, 1.82) is 0 Å². The van der Waals surface area contributed by atoms with Gasteiger partial charge in [0, 0.05) is 18.5 Å². The smallest absolute Gasteiger partial charge is 0.102 e. The van der Waals surface area contributed by atoms with Gasteiger partial charge in [-0.2, -0.15) is 0 Å². The highest BCUT2D eigenvalue weighted by Gasteiger charge is 2.08. The molecule has 0 saturated carbocycles. The maximum absolute atomic E-state index is 4.80. The third kappa shape index (κ3) is 2.84. The molecule has 0 aliphatic carbocycles. The molecule has 0 atom stereocenters. The Morgan fingerprint density at radius 1 is 0.842 bits per heavy atom. The Balaban J connectivity index is 1.98. The molecular formula is C17H18N2. The van der Waals surface area contributed by atoms with Gasteiger partial charge >= 0.3 is 0 Å². The van der Waals surface area contributed by atoms with E-state index in [-0.39, 0.29) is 0 Å². The molecule has 1 N–H and O–H groups in total. The first-order valence-corrected chi connectivity index (χ1v) is 6.89. The van der Waals surface area contributed by atoms with E-state index in [1.165, 1.54) is 24.0 Å². The standard InChI is InChI=1S/C17H18N2/c1-2-8-14(9-3-1)15-10-4-5-11-16(15)19-17-12-6-7-13-18-17/h1-5,8-11H,6-7,12-13H2,(H,18,19). The van der Waals surface area contributed by atoms with Gasteiger partial charge in [-0.05, 0) is 24.5 Å². The predicted molar refractivity (Wildman–Crippen MR) is 80.8 cm³/mol. The largest absolute Gasteiger partial charge is 0.374 e. The topological polar surface area (TPSA) is 24.4 Å². The van der Waals surface area contributed by atoms with Crippen LogP contribution in [0.15, 0.2) is 59.6 Å². The molecule has 0 aromatic heterocycles. The molecule has 1 fully saturated rings. The minimum absolute atomic E-state index is 1.05. The second kappa shape index (κ2) is 5.70. The molecule has 2 aromatic rings. The summed E-state index contributed by atoms with van der Waals surface area (Å²) in [5.74, 6) is 1.12. The molecule has 19 heavy (non-hydrogen) atoms. The molecule has 1 aliphatic heterocycles. The molecular weight excluding hydrogens is 232 g/mol. The van der Waals surface area contributed by atoms with Crippen LogP contribution in [-0.4, -0.2) is 12.4 Å². The van der Waals surface area contributed by atoms with Crippen molar-refractivity contribution in [2.45, 2.75) is 19.3 Å². The maximum Gasteiger partial charge on any atom is 0.102 e. The van der Waals surface area contributed by atoms with Crippen LogP contribution in [0.3, 0.4) is 0 Å². The number of rotatable bonds is 2. The van der Waals surface area contributed by atoms with Crippen LogP contribution in [-0.2, 0) is 0 Å². The van der Waals surface area contributed by atoms with Crippen LogP contribution in [0.2, 0.25) is 0 Å². The quantitative estimate of drug-likeness (QED) is 0.850. The van der Waals surface area contributed by atoms with Crippen molar-refractivity contribution in [3.63, 3.8) is 0 Å². The van der Waals surface area contributed by atoms with E-state index in [0.29, 0.717) is 0 Å². The molecule has 0 radical (unpaired) electrons. The highest BCUT2D eigenvalue weighted by molar-refractivity contribution is 5.88. The zero-order valence-electron chi connectivity index (χ0n) is 11.0. The van der Waals surface area contributed by atoms with Crippen molar-refractivity contribution in [2.24, 2.45) is 4.99 Å². The van der Waals surface area contributed by atoms with Crippen molar-refractivity contribution in [3.05, 3.63) is 54.6 Å². The highest BCUT2D eigenvalue weighted by Crippen LogP contribution is 2.30. The van der Waals surface area contributed by atoms with Crippen LogP contribution >= 0.6 is 0 Å². The zero-order chi connectivity index (χ0) is 12.9. The number of hydrogen-bond donors (Lipinski definition) is 1. The molecule has 2 nitrogen and oxygen atoms in total. The lowest BCUT2D eigenvalue weighted by molar-refractivity contribution is 0.669. The van der Waals surface area contributed by atoms with Gasteiger partial charge in [-0.1, -0.05) is 48.5 Å². The van der Waals surface area contributed by atoms with Crippen LogP contribution in [0.1, 0.15) is 19.3 Å². The van der Waals surface area contributed by atoms with Crippen LogP contribution in [0, 0.1) is 0 Å². The van der Waals surface area contributed by atoms with Crippen molar-refractivity contribution < 1.29 is 0 Å². The maximum atomic E-state index is 4.80. The van der Waals surface area contributed by atoms with Gasteiger partial charge in [-0.25, -0.2) is 4.99 Å². The molecule has 2 aromatic carbocycles. The Morgan fingerprint density at radius 3 is 2.42 bits per heavy atom. The first-order valence-electron chi connectivity index (χ1n) is 6.89. The lowest BCUT2D eigenvalue weighted by atomic mass is 10.0. The van der Waals surface area contributed by atoms with E-state index in [0.717, 1.165) is 24.5 Å². The molecule has 1 aliphatic rings. The molecule has 1 saturated heterocycles. The summed E-state index contributed by atoms with van der Waals surface area (Å²) in [6.07, 6.45) is 3.54. The average molecular weight is 250 g/mol. The third-order valence-corrected chi connectivity index (χ3v) is 3.41. The summed E-state index contributed by atoms with van der Waals surface area (Å²) in [5.41, 5.74) is 3.47. The van der Waals surface area contributed by atoms with Gasteiger partial charge in [-0.15, -0.1) is 0 Å². The molecule has 3 rings (SSSR count). The Bertz CT molecular complexity index is 565. The van der Waals surface area contributed by atoms with Crippen LogP contribution < -0.4 is 5.32 Å². The van der Waals surface area contributed by atoms with E-state index in [1.54, 1.807) is 0 Å². The van der Waals surface area contributed by atoms with E-state index >= 15 is 0 Å². The first-order chi connectivity index (χ1) is 9.43. The second-order valence-corrected chi connectivity index (χ2v) is 4.83. The second-order valence-electron chi connectivity index (χ2n) is 4.83. The van der Waals surface area contributed by atoms with Gasteiger partial charge in [-0.3, -0.25) is 0 Å². The van der Waals surface area contributed by atoms with Gasteiger partial charge in [0.15, 0.2) is 0 Å². The fraction of sp³-hybridized carbons (Fsp3) is 0.235. The van der Waals surface area contributed by atoms with Gasteiger partial charge < -0.3 is 5.32 Å². The Labute approximate surface area is 114 Å². The predicted octanol–water partition coefficient (Wildman–Crippen LogP) is 4.16. The molecule has 0 bridgehead atoms. The van der Waals surface area contributed by atoms with Crippen LogP contribution in [0.5, 0.6) is 0 Å². The van der Waals surface area contributed by atoms with E-state index in [9.17, 15) is 0 Å². The highest BCUT2D eigenvalue weighted by atomic mass is 15.0. The normalized spacial score (nSPS) is 17.2. The number of piperidine rings is 1. The van der Waals surface area contributed by atoms with E-state index in [4.69, 9.17) is 4.99 Å². The summed E-state index contributed by atoms with van der Waals surface area (Å²) in [4.78, 5) is 4.80. The molecule has 96 valence electrons. The van der Waals surface area contributed by atoms with Gasteiger partial charge in [0.25, 0.3) is 0 Å². The van der Waals surface area contributed by atoms with Crippen LogP contribution in [0.25, 0.3) is 11.1 Å². The number of nitrogens with zero attached hydrogens (tertiary/aromatic N) is 1. The number of aliphatic imine (C=N–C) groups is 1. The van der Waals surface area contributed by atoms with Crippen LogP contribution in [0.4, 0.5) is 5.69 Å². The minimum Gasteiger partial charge on any atom is -0.374 e. The average Bonchev–Trinajstić information content (AvgIpc) is 2.50. The summed E-state index contributed by atoms with van der Waals surface area (Å²) < 4.78 is 0. The third-order valence-electron chi connectivity index (χ3n) is 3.41. The fourth-order valence-corrected chi connectivity index (χ4v) is 2.41. The molecule has 0 spiro atoms.